The number of halogens is 1. The minimum absolute atomic E-state index is 0.237. The Balaban J connectivity index is 1.16. The Bertz CT molecular complexity index is 1580. The van der Waals surface area contributed by atoms with E-state index in [1.54, 1.807) is 0 Å². The van der Waals surface area contributed by atoms with Crippen molar-refractivity contribution in [3.8, 4) is 17.0 Å². The highest BCUT2D eigenvalue weighted by Gasteiger charge is 2.38. The SMILES string of the molecule is Cc1cc(-c2nc(Nc3ccc4c(c3)OCC3CN(C5CC5)CCN43)ncc2F)cc2c1nc(C)n2C(C)C. The third-order valence-corrected chi connectivity index (χ3v) is 8.23. The molecule has 1 N–H and O–H groups in total. The monoisotopic (exact) mass is 527 g/mol. The van der Waals surface area contributed by atoms with Gasteiger partial charge in [-0.05, 0) is 70.4 Å². The van der Waals surface area contributed by atoms with Crippen LogP contribution in [0.3, 0.4) is 0 Å². The van der Waals surface area contributed by atoms with Crippen LogP contribution < -0.4 is 15.0 Å². The first-order chi connectivity index (χ1) is 18.9. The van der Waals surface area contributed by atoms with Crippen molar-refractivity contribution in [1.82, 2.24) is 24.4 Å². The molecule has 1 unspecified atom stereocenters. The fraction of sp³-hybridized carbons (Fsp3) is 0.433. The average Bonchev–Trinajstić information content (AvgIpc) is 3.71. The molecule has 2 fully saturated rings. The van der Waals surface area contributed by atoms with Crippen LogP contribution in [0.2, 0.25) is 0 Å². The van der Waals surface area contributed by atoms with Gasteiger partial charge in [-0.15, -0.1) is 0 Å². The Morgan fingerprint density at radius 1 is 1.05 bits per heavy atom. The maximum atomic E-state index is 15.1. The van der Waals surface area contributed by atoms with Crippen LogP contribution in [0.25, 0.3) is 22.3 Å². The molecule has 0 spiro atoms. The van der Waals surface area contributed by atoms with Gasteiger partial charge in [-0.1, -0.05) is 0 Å². The third kappa shape index (κ3) is 4.29. The molecule has 2 aromatic carbocycles. The van der Waals surface area contributed by atoms with E-state index in [0.717, 1.165) is 65.2 Å². The fourth-order valence-electron chi connectivity index (χ4n) is 6.27. The molecule has 7 rings (SSSR count). The Kier molecular flexibility index (Phi) is 5.73. The van der Waals surface area contributed by atoms with Gasteiger partial charge in [0.15, 0.2) is 5.82 Å². The number of aromatic nitrogens is 4. The summed E-state index contributed by atoms with van der Waals surface area (Å²) >= 11 is 0. The predicted octanol–water partition coefficient (Wildman–Crippen LogP) is 5.62. The number of anilines is 3. The molecule has 2 aromatic heterocycles. The van der Waals surface area contributed by atoms with Crippen molar-refractivity contribution < 1.29 is 9.13 Å². The summed E-state index contributed by atoms with van der Waals surface area (Å²) in [5, 5.41) is 3.27. The van der Waals surface area contributed by atoms with Gasteiger partial charge in [0.25, 0.3) is 0 Å². The number of piperazine rings is 1. The van der Waals surface area contributed by atoms with E-state index in [2.05, 4.69) is 49.6 Å². The number of imidazole rings is 1. The quantitative estimate of drug-likeness (QED) is 0.361. The Morgan fingerprint density at radius 3 is 2.69 bits per heavy atom. The van der Waals surface area contributed by atoms with E-state index in [1.165, 1.54) is 19.0 Å². The first-order valence-electron chi connectivity index (χ1n) is 13.9. The first-order valence-corrected chi connectivity index (χ1v) is 13.9. The van der Waals surface area contributed by atoms with Crippen molar-refractivity contribution in [3.05, 3.63) is 53.7 Å². The third-order valence-electron chi connectivity index (χ3n) is 8.23. The maximum absolute atomic E-state index is 15.1. The highest BCUT2D eigenvalue weighted by molar-refractivity contribution is 5.85. The number of aryl methyl sites for hydroxylation is 2. The molecular weight excluding hydrogens is 493 g/mol. The molecule has 3 aliphatic rings. The van der Waals surface area contributed by atoms with Crippen molar-refractivity contribution >= 4 is 28.4 Å². The lowest BCUT2D eigenvalue weighted by molar-refractivity contribution is 0.161. The van der Waals surface area contributed by atoms with Gasteiger partial charge in [-0.2, -0.15) is 0 Å². The molecule has 9 heteroatoms. The molecule has 0 radical (unpaired) electrons. The second-order valence-corrected chi connectivity index (χ2v) is 11.4. The van der Waals surface area contributed by atoms with Crippen molar-refractivity contribution in [3.63, 3.8) is 0 Å². The van der Waals surface area contributed by atoms with Crippen molar-refractivity contribution in [1.29, 1.82) is 0 Å². The molecular formula is C30H34FN7O. The Morgan fingerprint density at radius 2 is 1.90 bits per heavy atom. The predicted molar refractivity (Wildman–Crippen MR) is 152 cm³/mol. The molecule has 1 atom stereocenters. The Labute approximate surface area is 227 Å². The lowest BCUT2D eigenvalue weighted by atomic mass is 10.1. The summed E-state index contributed by atoms with van der Waals surface area (Å²) in [6.07, 6.45) is 3.90. The zero-order valence-corrected chi connectivity index (χ0v) is 22.9. The summed E-state index contributed by atoms with van der Waals surface area (Å²) in [7, 11) is 0. The summed E-state index contributed by atoms with van der Waals surface area (Å²) in [6, 6.07) is 11.5. The van der Waals surface area contributed by atoms with Crippen molar-refractivity contribution in [2.45, 2.75) is 58.7 Å². The van der Waals surface area contributed by atoms with Gasteiger partial charge in [-0.3, -0.25) is 4.90 Å². The molecule has 0 amide bonds. The zero-order chi connectivity index (χ0) is 26.8. The van der Waals surface area contributed by atoms with E-state index < -0.39 is 5.82 Å². The lowest BCUT2D eigenvalue weighted by Gasteiger charge is -2.45. The van der Waals surface area contributed by atoms with E-state index >= 15 is 4.39 Å². The molecule has 4 heterocycles. The van der Waals surface area contributed by atoms with Crippen molar-refractivity contribution in [2.75, 3.05) is 36.5 Å². The van der Waals surface area contributed by atoms with Gasteiger partial charge in [0, 0.05) is 49.0 Å². The van der Waals surface area contributed by atoms with Crippen LogP contribution in [0.4, 0.5) is 21.7 Å². The van der Waals surface area contributed by atoms with Crippen LogP contribution in [-0.4, -0.2) is 62.7 Å². The van der Waals surface area contributed by atoms with Crippen LogP contribution in [0, 0.1) is 19.7 Å². The fourth-order valence-corrected chi connectivity index (χ4v) is 6.27. The van der Waals surface area contributed by atoms with E-state index in [4.69, 9.17) is 9.72 Å². The van der Waals surface area contributed by atoms with E-state index in [9.17, 15) is 0 Å². The van der Waals surface area contributed by atoms with Crippen LogP contribution in [0.15, 0.2) is 36.5 Å². The lowest BCUT2D eigenvalue weighted by Crippen LogP contribution is -2.57. The number of hydrogen-bond donors (Lipinski definition) is 1. The largest absolute Gasteiger partial charge is 0.489 e. The van der Waals surface area contributed by atoms with Gasteiger partial charge in [-0.25, -0.2) is 19.3 Å². The number of fused-ring (bicyclic) bond motifs is 4. The number of benzene rings is 2. The molecule has 1 aliphatic carbocycles. The standard InChI is InChI=1S/C30H34FN7O/c1-17(2)38-19(4)33-28-18(3)11-20(12-26(28)38)29-24(31)14-32-30(35-29)34-21-5-8-25-27(13-21)39-16-23-15-36(22-6-7-22)9-10-37(23)25/h5,8,11-14,17,22-23H,6-7,9-10,15-16H2,1-4H3,(H,32,34,35). The van der Waals surface area contributed by atoms with Gasteiger partial charge >= 0.3 is 0 Å². The highest BCUT2D eigenvalue weighted by Crippen LogP contribution is 2.39. The topological polar surface area (TPSA) is 71.3 Å². The van der Waals surface area contributed by atoms with Crippen LogP contribution >= 0.6 is 0 Å². The highest BCUT2D eigenvalue weighted by atomic mass is 19.1. The number of nitrogens with zero attached hydrogens (tertiary/aromatic N) is 6. The molecule has 202 valence electrons. The molecule has 8 nitrogen and oxygen atoms in total. The molecule has 4 aromatic rings. The van der Waals surface area contributed by atoms with Gasteiger partial charge in [0.2, 0.25) is 5.95 Å². The van der Waals surface area contributed by atoms with Gasteiger partial charge in [0.05, 0.1) is 29.0 Å². The molecule has 2 aliphatic heterocycles. The number of rotatable bonds is 5. The smallest absolute Gasteiger partial charge is 0.227 e. The summed E-state index contributed by atoms with van der Waals surface area (Å²) in [5.74, 6) is 1.68. The van der Waals surface area contributed by atoms with E-state index in [0.29, 0.717) is 24.2 Å². The summed E-state index contributed by atoms with van der Waals surface area (Å²) < 4.78 is 23.4. The second-order valence-electron chi connectivity index (χ2n) is 11.4. The zero-order valence-electron chi connectivity index (χ0n) is 22.9. The molecule has 1 saturated carbocycles. The van der Waals surface area contributed by atoms with Crippen LogP contribution in [0.5, 0.6) is 5.75 Å². The van der Waals surface area contributed by atoms with Gasteiger partial charge in [0.1, 0.15) is 23.9 Å². The number of hydrogen-bond acceptors (Lipinski definition) is 7. The summed E-state index contributed by atoms with van der Waals surface area (Å²) in [4.78, 5) is 18.7. The normalized spacial score (nSPS) is 19.2. The summed E-state index contributed by atoms with van der Waals surface area (Å²) in [5.41, 5.74) is 5.80. The average molecular weight is 528 g/mol. The van der Waals surface area contributed by atoms with Crippen LogP contribution in [-0.2, 0) is 0 Å². The van der Waals surface area contributed by atoms with E-state index in [-0.39, 0.29) is 11.7 Å². The summed E-state index contributed by atoms with van der Waals surface area (Å²) in [6.45, 7) is 12.1. The molecule has 0 bridgehead atoms. The van der Waals surface area contributed by atoms with Crippen molar-refractivity contribution in [2.24, 2.45) is 0 Å². The Hall–Kier alpha value is -3.72. The minimum Gasteiger partial charge on any atom is -0.489 e. The number of nitrogens with one attached hydrogen (secondary N) is 1. The van der Waals surface area contributed by atoms with Crippen LogP contribution in [0.1, 0.15) is 44.1 Å². The minimum atomic E-state index is -0.461. The molecule has 1 saturated heterocycles. The second kappa shape index (κ2) is 9.19. The maximum Gasteiger partial charge on any atom is 0.227 e. The number of ether oxygens (including phenoxy) is 1. The van der Waals surface area contributed by atoms with Gasteiger partial charge < -0.3 is 19.5 Å². The first kappa shape index (κ1) is 24.3. The molecule has 39 heavy (non-hydrogen) atoms. The van der Waals surface area contributed by atoms with E-state index in [1.807, 2.05) is 38.1 Å².